The Bertz CT molecular complexity index is 337. The Labute approximate surface area is 104 Å². The third-order valence-corrected chi connectivity index (χ3v) is 4.30. The van der Waals surface area contributed by atoms with Crippen molar-refractivity contribution in [3.8, 4) is 0 Å². The lowest BCUT2D eigenvalue weighted by Crippen LogP contribution is -2.34. The van der Waals surface area contributed by atoms with Crippen molar-refractivity contribution >= 4 is 0 Å². The normalized spacial score (nSPS) is 27.0. The summed E-state index contributed by atoms with van der Waals surface area (Å²) in [6.45, 7) is 2.31. The first-order chi connectivity index (χ1) is 8.19. The van der Waals surface area contributed by atoms with Crippen LogP contribution in [-0.4, -0.2) is 15.8 Å². The van der Waals surface area contributed by atoms with Gasteiger partial charge in [-0.3, -0.25) is 4.68 Å². The van der Waals surface area contributed by atoms with E-state index in [-0.39, 0.29) is 0 Å². The lowest BCUT2D eigenvalue weighted by molar-refractivity contribution is 0.238. The molecule has 0 saturated heterocycles. The lowest BCUT2D eigenvalue weighted by atomic mass is 9.77. The van der Waals surface area contributed by atoms with Crippen molar-refractivity contribution < 1.29 is 0 Å². The molecule has 3 nitrogen and oxygen atoms in total. The van der Waals surface area contributed by atoms with Gasteiger partial charge in [0.05, 0.1) is 6.20 Å². The molecule has 0 amide bonds. The molecule has 3 heteroatoms. The van der Waals surface area contributed by atoms with E-state index in [2.05, 4.69) is 18.2 Å². The first-order valence-electron chi connectivity index (χ1n) is 6.92. The Balaban J connectivity index is 1.82. The number of aromatic nitrogens is 2. The maximum atomic E-state index is 6.34. The molecule has 0 bridgehead atoms. The molecule has 1 unspecified atom stereocenters. The molecule has 17 heavy (non-hydrogen) atoms. The Kier molecular flexibility index (Phi) is 4.21. The SMILES string of the molecule is CCC1CCC(C(N)Cc2cnn(C)c2)CC1. The molecule has 0 radical (unpaired) electrons. The Morgan fingerprint density at radius 2 is 2.12 bits per heavy atom. The van der Waals surface area contributed by atoms with Gasteiger partial charge in [-0.25, -0.2) is 0 Å². The largest absolute Gasteiger partial charge is 0.327 e. The van der Waals surface area contributed by atoms with Gasteiger partial charge in [0.25, 0.3) is 0 Å². The predicted molar refractivity (Wildman–Crippen MR) is 70.6 cm³/mol. The lowest BCUT2D eigenvalue weighted by Gasteiger charge is -2.31. The second-order valence-electron chi connectivity index (χ2n) is 5.58. The molecule has 1 aliphatic rings. The van der Waals surface area contributed by atoms with Crippen LogP contribution < -0.4 is 5.73 Å². The van der Waals surface area contributed by atoms with E-state index in [0.717, 1.165) is 18.3 Å². The highest BCUT2D eigenvalue weighted by molar-refractivity contribution is 5.06. The molecule has 1 saturated carbocycles. The van der Waals surface area contributed by atoms with Crippen molar-refractivity contribution in [1.29, 1.82) is 0 Å². The number of aryl methyl sites for hydroxylation is 1. The molecule has 96 valence electrons. The Hall–Kier alpha value is -0.830. The van der Waals surface area contributed by atoms with Crippen molar-refractivity contribution in [2.45, 2.75) is 51.5 Å². The molecule has 1 aliphatic carbocycles. The van der Waals surface area contributed by atoms with E-state index < -0.39 is 0 Å². The van der Waals surface area contributed by atoms with Gasteiger partial charge in [0.15, 0.2) is 0 Å². The number of nitrogens with two attached hydrogens (primary N) is 1. The van der Waals surface area contributed by atoms with Crippen LogP contribution in [0.1, 0.15) is 44.6 Å². The van der Waals surface area contributed by atoms with Crippen LogP contribution in [-0.2, 0) is 13.5 Å². The van der Waals surface area contributed by atoms with Gasteiger partial charge in [-0.2, -0.15) is 5.10 Å². The first kappa shape index (κ1) is 12.6. The van der Waals surface area contributed by atoms with Crippen molar-refractivity contribution in [2.75, 3.05) is 0 Å². The molecule has 1 heterocycles. The second-order valence-corrected chi connectivity index (χ2v) is 5.58. The van der Waals surface area contributed by atoms with Crippen LogP contribution in [0.15, 0.2) is 12.4 Å². The Morgan fingerprint density at radius 1 is 1.41 bits per heavy atom. The summed E-state index contributed by atoms with van der Waals surface area (Å²) < 4.78 is 1.86. The smallest absolute Gasteiger partial charge is 0.0522 e. The highest BCUT2D eigenvalue weighted by Crippen LogP contribution is 2.32. The second kappa shape index (κ2) is 5.67. The third kappa shape index (κ3) is 3.32. The van der Waals surface area contributed by atoms with Gasteiger partial charge in [0.1, 0.15) is 0 Å². The number of rotatable bonds is 4. The summed E-state index contributed by atoms with van der Waals surface area (Å²) >= 11 is 0. The van der Waals surface area contributed by atoms with Crippen LogP contribution in [0, 0.1) is 11.8 Å². The topological polar surface area (TPSA) is 43.8 Å². The van der Waals surface area contributed by atoms with Crippen LogP contribution in [0.2, 0.25) is 0 Å². The van der Waals surface area contributed by atoms with Gasteiger partial charge in [-0.05, 0) is 36.7 Å². The summed E-state index contributed by atoms with van der Waals surface area (Å²) in [6.07, 6.45) is 11.7. The fraction of sp³-hybridized carbons (Fsp3) is 0.786. The van der Waals surface area contributed by atoms with E-state index in [1.165, 1.54) is 37.7 Å². The van der Waals surface area contributed by atoms with E-state index >= 15 is 0 Å². The van der Waals surface area contributed by atoms with Crippen molar-refractivity contribution in [3.05, 3.63) is 18.0 Å². The van der Waals surface area contributed by atoms with E-state index in [4.69, 9.17) is 5.73 Å². The van der Waals surface area contributed by atoms with Gasteiger partial charge in [0.2, 0.25) is 0 Å². The molecule has 1 fully saturated rings. The van der Waals surface area contributed by atoms with Crippen molar-refractivity contribution in [2.24, 2.45) is 24.6 Å². The zero-order valence-electron chi connectivity index (χ0n) is 11.1. The van der Waals surface area contributed by atoms with Gasteiger partial charge < -0.3 is 5.73 Å². The quantitative estimate of drug-likeness (QED) is 0.871. The molecule has 1 aromatic rings. The fourth-order valence-corrected chi connectivity index (χ4v) is 3.04. The number of hydrogen-bond donors (Lipinski definition) is 1. The fourth-order valence-electron chi connectivity index (χ4n) is 3.04. The van der Waals surface area contributed by atoms with Crippen LogP contribution in [0.5, 0.6) is 0 Å². The zero-order chi connectivity index (χ0) is 12.3. The molecule has 1 aromatic heterocycles. The summed E-state index contributed by atoms with van der Waals surface area (Å²) in [5, 5.41) is 4.20. The standard InChI is InChI=1S/C14H25N3/c1-3-11-4-6-13(7-5-11)14(15)8-12-9-16-17(2)10-12/h9-11,13-14H,3-8,15H2,1-2H3. The molecule has 0 spiro atoms. The third-order valence-electron chi connectivity index (χ3n) is 4.30. The first-order valence-corrected chi connectivity index (χ1v) is 6.92. The highest BCUT2D eigenvalue weighted by atomic mass is 15.2. The molecule has 0 aliphatic heterocycles. The van der Waals surface area contributed by atoms with E-state index in [0.29, 0.717) is 6.04 Å². The molecule has 0 aromatic carbocycles. The minimum Gasteiger partial charge on any atom is -0.327 e. The van der Waals surface area contributed by atoms with Gasteiger partial charge in [-0.15, -0.1) is 0 Å². The molecular weight excluding hydrogens is 210 g/mol. The summed E-state index contributed by atoms with van der Waals surface area (Å²) in [6, 6.07) is 0.317. The average molecular weight is 235 g/mol. The minimum absolute atomic E-state index is 0.317. The van der Waals surface area contributed by atoms with Crippen LogP contribution in [0.3, 0.4) is 0 Å². The average Bonchev–Trinajstić information content (AvgIpc) is 2.75. The van der Waals surface area contributed by atoms with Gasteiger partial charge >= 0.3 is 0 Å². The summed E-state index contributed by atoms with van der Waals surface area (Å²) in [4.78, 5) is 0. The number of hydrogen-bond acceptors (Lipinski definition) is 2. The van der Waals surface area contributed by atoms with Crippen LogP contribution in [0.25, 0.3) is 0 Å². The highest BCUT2D eigenvalue weighted by Gasteiger charge is 2.24. The monoisotopic (exact) mass is 235 g/mol. The van der Waals surface area contributed by atoms with E-state index in [1.54, 1.807) is 0 Å². The molecule has 2 N–H and O–H groups in total. The number of nitrogens with zero attached hydrogens (tertiary/aromatic N) is 2. The van der Waals surface area contributed by atoms with E-state index in [1.807, 2.05) is 17.9 Å². The predicted octanol–water partition coefficient (Wildman–Crippen LogP) is 2.51. The van der Waals surface area contributed by atoms with Crippen molar-refractivity contribution in [3.63, 3.8) is 0 Å². The maximum absolute atomic E-state index is 6.34. The van der Waals surface area contributed by atoms with Gasteiger partial charge in [-0.1, -0.05) is 26.2 Å². The summed E-state index contributed by atoms with van der Waals surface area (Å²) in [5.74, 6) is 1.68. The van der Waals surface area contributed by atoms with E-state index in [9.17, 15) is 0 Å². The van der Waals surface area contributed by atoms with Crippen LogP contribution >= 0.6 is 0 Å². The minimum atomic E-state index is 0.317. The Morgan fingerprint density at radius 3 is 2.65 bits per heavy atom. The zero-order valence-corrected chi connectivity index (χ0v) is 11.1. The van der Waals surface area contributed by atoms with Crippen LogP contribution in [0.4, 0.5) is 0 Å². The molecular formula is C14H25N3. The summed E-state index contributed by atoms with van der Waals surface area (Å²) in [7, 11) is 1.96. The molecule has 1 atom stereocenters. The molecule has 2 rings (SSSR count). The maximum Gasteiger partial charge on any atom is 0.0522 e. The van der Waals surface area contributed by atoms with Gasteiger partial charge in [0, 0.05) is 19.3 Å². The summed E-state index contributed by atoms with van der Waals surface area (Å²) in [5.41, 5.74) is 7.62. The van der Waals surface area contributed by atoms with Crippen molar-refractivity contribution in [1.82, 2.24) is 9.78 Å².